The van der Waals surface area contributed by atoms with E-state index in [9.17, 15) is 4.39 Å². The molecule has 0 amide bonds. The van der Waals surface area contributed by atoms with Crippen LogP contribution in [0.5, 0.6) is 0 Å². The lowest BCUT2D eigenvalue weighted by Gasteiger charge is -2.19. The third kappa shape index (κ3) is 2.40. The van der Waals surface area contributed by atoms with Crippen LogP contribution in [0.3, 0.4) is 0 Å². The molecule has 3 nitrogen and oxygen atoms in total. The van der Waals surface area contributed by atoms with Gasteiger partial charge in [0.1, 0.15) is 11.6 Å². The molecule has 2 aromatic rings. The number of hydrogen-bond acceptors (Lipinski definition) is 2. The van der Waals surface area contributed by atoms with Crippen molar-refractivity contribution in [1.82, 2.24) is 14.9 Å². The third-order valence-corrected chi connectivity index (χ3v) is 3.22. The molecule has 0 spiro atoms. The Morgan fingerprint density at radius 2 is 2.28 bits per heavy atom. The van der Waals surface area contributed by atoms with Crippen LogP contribution in [0.15, 0.2) is 30.6 Å². The van der Waals surface area contributed by atoms with E-state index in [2.05, 4.69) is 10.3 Å². The first-order valence-electron chi connectivity index (χ1n) is 5.79. The van der Waals surface area contributed by atoms with Gasteiger partial charge in [-0.2, -0.15) is 0 Å². The van der Waals surface area contributed by atoms with Crippen molar-refractivity contribution in [3.05, 3.63) is 52.8 Å². The minimum absolute atomic E-state index is 0.145. The van der Waals surface area contributed by atoms with Crippen molar-refractivity contribution in [2.75, 3.05) is 6.54 Å². The number of benzene rings is 1. The third-order valence-electron chi connectivity index (χ3n) is 2.82. The molecule has 1 aromatic heterocycles. The molecule has 0 aliphatic heterocycles. The van der Waals surface area contributed by atoms with Crippen molar-refractivity contribution < 1.29 is 4.39 Å². The number of hydrogen-bond donors (Lipinski definition) is 1. The zero-order chi connectivity index (χ0) is 13.1. The van der Waals surface area contributed by atoms with Crippen LogP contribution in [-0.4, -0.2) is 16.1 Å². The van der Waals surface area contributed by atoms with Gasteiger partial charge in [0, 0.05) is 19.4 Å². The molecule has 0 saturated carbocycles. The van der Waals surface area contributed by atoms with E-state index in [-0.39, 0.29) is 11.1 Å². The Hall–Kier alpha value is -1.39. The summed E-state index contributed by atoms with van der Waals surface area (Å²) < 4.78 is 15.4. The van der Waals surface area contributed by atoms with Gasteiger partial charge in [0.15, 0.2) is 0 Å². The van der Waals surface area contributed by atoms with E-state index < -0.39 is 5.82 Å². The molecule has 1 aromatic carbocycles. The van der Waals surface area contributed by atoms with Crippen LogP contribution in [0.25, 0.3) is 0 Å². The average molecular weight is 268 g/mol. The normalized spacial score (nSPS) is 12.7. The average Bonchev–Trinajstić information content (AvgIpc) is 2.76. The number of aryl methyl sites for hydroxylation is 1. The highest BCUT2D eigenvalue weighted by atomic mass is 35.5. The van der Waals surface area contributed by atoms with E-state index in [1.165, 1.54) is 6.07 Å². The zero-order valence-electron chi connectivity index (χ0n) is 10.3. The van der Waals surface area contributed by atoms with Crippen LogP contribution in [-0.2, 0) is 7.05 Å². The number of aromatic nitrogens is 2. The second kappa shape index (κ2) is 5.50. The van der Waals surface area contributed by atoms with Gasteiger partial charge in [0.05, 0.1) is 11.1 Å². The van der Waals surface area contributed by atoms with Gasteiger partial charge in [0.2, 0.25) is 0 Å². The van der Waals surface area contributed by atoms with Crippen molar-refractivity contribution in [3.63, 3.8) is 0 Å². The molecule has 0 aliphatic rings. The maximum atomic E-state index is 13.5. The summed E-state index contributed by atoms with van der Waals surface area (Å²) in [5.74, 6) is 0.399. The lowest BCUT2D eigenvalue weighted by atomic mass is 10.1. The Balaban J connectivity index is 2.48. The molecule has 2 rings (SSSR count). The van der Waals surface area contributed by atoms with E-state index >= 15 is 0 Å². The highest BCUT2D eigenvalue weighted by Crippen LogP contribution is 2.29. The van der Waals surface area contributed by atoms with Gasteiger partial charge in [-0.3, -0.25) is 0 Å². The second-order valence-corrected chi connectivity index (χ2v) is 4.41. The predicted molar refractivity (Wildman–Crippen MR) is 70.1 cm³/mol. The summed E-state index contributed by atoms with van der Waals surface area (Å²) in [6.07, 6.45) is 3.57. The predicted octanol–water partition coefficient (Wildman–Crippen LogP) is 2.91. The molecular weight excluding hydrogens is 253 g/mol. The first kappa shape index (κ1) is 13.1. The molecule has 5 heteroatoms. The van der Waals surface area contributed by atoms with Gasteiger partial charge < -0.3 is 9.88 Å². The molecule has 1 N–H and O–H groups in total. The summed E-state index contributed by atoms with van der Waals surface area (Å²) in [6.45, 7) is 2.73. The van der Waals surface area contributed by atoms with Gasteiger partial charge in [-0.1, -0.05) is 30.7 Å². The summed E-state index contributed by atoms with van der Waals surface area (Å²) in [4.78, 5) is 4.30. The molecule has 96 valence electrons. The molecule has 1 atom stereocenters. The highest BCUT2D eigenvalue weighted by molar-refractivity contribution is 6.31. The molecule has 0 fully saturated rings. The van der Waals surface area contributed by atoms with Crippen molar-refractivity contribution in [2.45, 2.75) is 13.0 Å². The fraction of sp³-hybridized carbons (Fsp3) is 0.308. The molecule has 0 radical (unpaired) electrons. The topological polar surface area (TPSA) is 29.9 Å². The van der Waals surface area contributed by atoms with Crippen LogP contribution in [0.1, 0.15) is 24.4 Å². The Labute approximate surface area is 111 Å². The largest absolute Gasteiger partial charge is 0.336 e. The SMILES string of the molecule is CCNC(c1cccc(F)c1Cl)c1nccn1C. The number of nitrogens with one attached hydrogen (secondary N) is 1. The van der Waals surface area contributed by atoms with Crippen molar-refractivity contribution in [3.8, 4) is 0 Å². The van der Waals surface area contributed by atoms with Crippen molar-refractivity contribution in [2.24, 2.45) is 7.05 Å². The second-order valence-electron chi connectivity index (χ2n) is 4.03. The molecule has 1 heterocycles. The van der Waals surface area contributed by atoms with Gasteiger partial charge in [-0.15, -0.1) is 0 Å². The molecule has 0 bridgehead atoms. The van der Waals surface area contributed by atoms with E-state index in [4.69, 9.17) is 11.6 Å². The number of imidazole rings is 1. The fourth-order valence-corrected chi connectivity index (χ4v) is 2.18. The number of halogens is 2. The van der Waals surface area contributed by atoms with E-state index in [1.807, 2.05) is 30.8 Å². The van der Waals surface area contributed by atoms with Crippen LogP contribution in [0.2, 0.25) is 5.02 Å². The van der Waals surface area contributed by atoms with Gasteiger partial charge in [-0.05, 0) is 18.2 Å². The van der Waals surface area contributed by atoms with Crippen molar-refractivity contribution in [1.29, 1.82) is 0 Å². The Kier molecular flexibility index (Phi) is 3.99. The summed E-state index contributed by atoms with van der Waals surface area (Å²) in [7, 11) is 1.90. The minimum Gasteiger partial charge on any atom is -0.336 e. The first-order chi connectivity index (χ1) is 8.65. The first-order valence-corrected chi connectivity index (χ1v) is 6.17. The van der Waals surface area contributed by atoms with Crippen LogP contribution in [0, 0.1) is 5.82 Å². The maximum Gasteiger partial charge on any atom is 0.142 e. The molecule has 0 aliphatic carbocycles. The Bertz CT molecular complexity index is 539. The fourth-order valence-electron chi connectivity index (χ4n) is 1.94. The number of rotatable bonds is 4. The van der Waals surface area contributed by atoms with Crippen LogP contribution in [0.4, 0.5) is 4.39 Å². The monoisotopic (exact) mass is 267 g/mol. The standard InChI is InChI=1S/C13H15ClFN3/c1-3-16-12(13-17-7-8-18(13)2)9-5-4-6-10(15)11(9)14/h4-8,12,16H,3H2,1-2H3. The number of nitrogens with zero attached hydrogens (tertiary/aromatic N) is 2. The van der Waals surface area contributed by atoms with E-state index in [1.54, 1.807) is 12.3 Å². The Morgan fingerprint density at radius 1 is 1.50 bits per heavy atom. The molecule has 18 heavy (non-hydrogen) atoms. The summed E-state index contributed by atoms with van der Waals surface area (Å²) in [6, 6.07) is 4.61. The molecular formula is C13H15ClFN3. The van der Waals surface area contributed by atoms with E-state index in [0.29, 0.717) is 5.56 Å². The van der Waals surface area contributed by atoms with Crippen molar-refractivity contribution >= 4 is 11.6 Å². The summed E-state index contributed by atoms with van der Waals surface area (Å²) >= 11 is 6.04. The molecule has 0 saturated heterocycles. The maximum absolute atomic E-state index is 13.5. The Morgan fingerprint density at radius 3 is 2.89 bits per heavy atom. The molecule has 1 unspecified atom stereocenters. The summed E-state index contributed by atoms with van der Waals surface area (Å²) in [5.41, 5.74) is 0.702. The van der Waals surface area contributed by atoms with Gasteiger partial charge >= 0.3 is 0 Å². The minimum atomic E-state index is -0.411. The van der Waals surface area contributed by atoms with Crippen LogP contribution >= 0.6 is 11.6 Å². The van der Waals surface area contributed by atoms with E-state index in [0.717, 1.165) is 12.4 Å². The smallest absolute Gasteiger partial charge is 0.142 e. The summed E-state index contributed by atoms with van der Waals surface area (Å²) in [5, 5.41) is 3.42. The van der Waals surface area contributed by atoms with Gasteiger partial charge in [-0.25, -0.2) is 9.37 Å². The lowest BCUT2D eigenvalue weighted by Crippen LogP contribution is -2.25. The van der Waals surface area contributed by atoms with Crippen LogP contribution < -0.4 is 5.32 Å². The zero-order valence-corrected chi connectivity index (χ0v) is 11.1. The highest BCUT2D eigenvalue weighted by Gasteiger charge is 2.21. The quantitative estimate of drug-likeness (QED) is 0.923. The van der Waals surface area contributed by atoms with Gasteiger partial charge in [0.25, 0.3) is 0 Å². The lowest BCUT2D eigenvalue weighted by molar-refractivity contribution is 0.568.